The first-order valence-electron chi connectivity index (χ1n) is 9.79. The predicted octanol–water partition coefficient (Wildman–Crippen LogP) is 2.12. The summed E-state index contributed by atoms with van der Waals surface area (Å²) in [5.41, 5.74) is 0. The van der Waals surface area contributed by atoms with Gasteiger partial charge < -0.3 is 15.1 Å². The number of hydrogen-bond acceptors (Lipinski definition) is 3. The van der Waals surface area contributed by atoms with Crippen LogP contribution >= 0.6 is 0 Å². The molecule has 2 aliphatic rings. The second kappa shape index (κ2) is 9.40. The van der Waals surface area contributed by atoms with Crippen LogP contribution in [0.2, 0.25) is 0 Å². The van der Waals surface area contributed by atoms with Crippen LogP contribution in [0.4, 0.5) is 0 Å². The van der Waals surface area contributed by atoms with Gasteiger partial charge >= 0.3 is 0 Å². The fourth-order valence-electron chi connectivity index (χ4n) is 3.91. The molecule has 0 aromatic heterocycles. The molecule has 138 valence electrons. The summed E-state index contributed by atoms with van der Waals surface area (Å²) in [7, 11) is 1.99. The van der Waals surface area contributed by atoms with Gasteiger partial charge in [0.25, 0.3) is 0 Å². The Morgan fingerprint density at radius 1 is 1.12 bits per heavy atom. The van der Waals surface area contributed by atoms with Crippen LogP contribution in [0.3, 0.4) is 0 Å². The summed E-state index contributed by atoms with van der Waals surface area (Å²) in [6.07, 6.45) is 6.21. The van der Waals surface area contributed by atoms with Gasteiger partial charge in [-0.05, 0) is 58.0 Å². The van der Waals surface area contributed by atoms with E-state index < -0.39 is 0 Å². The van der Waals surface area contributed by atoms with Crippen molar-refractivity contribution in [2.45, 2.75) is 52.4 Å². The molecule has 0 aliphatic carbocycles. The van der Waals surface area contributed by atoms with Gasteiger partial charge in [0.1, 0.15) is 0 Å². The zero-order valence-electron chi connectivity index (χ0n) is 15.7. The fraction of sp³-hybridized carbons (Fsp3) is 0.895. The Balaban J connectivity index is 1.83. The number of amides is 2. The molecule has 1 N–H and O–H groups in total. The van der Waals surface area contributed by atoms with Crippen molar-refractivity contribution in [2.75, 3.05) is 39.8 Å². The molecule has 2 aliphatic heterocycles. The van der Waals surface area contributed by atoms with Crippen molar-refractivity contribution in [1.29, 1.82) is 0 Å². The molecule has 0 radical (unpaired) electrons. The first kappa shape index (κ1) is 19.2. The Kier molecular flexibility index (Phi) is 7.53. The van der Waals surface area contributed by atoms with E-state index in [1.54, 1.807) is 0 Å². The largest absolute Gasteiger partial charge is 0.342 e. The van der Waals surface area contributed by atoms with Crippen molar-refractivity contribution >= 4 is 11.8 Å². The molecule has 0 aromatic carbocycles. The number of likely N-dealkylation sites (tertiary alicyclic amines) is 2. The molecule has 0 bridgehead atoms. The monoisotopic (exact) mass is 337 g/mol. The summed E-state index contributed by atoms with van der Waals surface area (Å²) in [4.78, 5) is 29.3. The molecular formula is C19H35N3O2. The van der Waals surface area contributed by atoms with E-state index in [0.29, 0.717) is 6.54 Å². The Morgan fingerprint density at radius 3 is 2.46 bits per heavy atom. The van der Waals surface area contributed by atoms with Crippen LogP contribution in [-0.2, 0) is 9.59 Å². The number of nitrogens with zero attached hydrogens (tertiary/aromatic N) is 2. The standard InChI is InChI=1S/C19H35N3O2/c1-4-15(2)18(23)22-11-5-6-17(14-22)19(24)21-12-8-16(9-13-21)7-10-20-3/h15-17,20H,4-14H2,1-3H3. The Bertz CT molecular complexity index is 419. The third-order valence-electron chi connectivity index (χ3n) is 5.85. The Labute approximate surface area is 147 Å². The van der Waals surface area contributed by atoms with Gasteiger partial charge in [0.2, 0.25) is 11.8 Å². The average Bonchev–Trinajstić information content (AvgIpc) is 2.65. The molecular weight excluding hydrogens is 302 g/mol. The van der Waals surface area contributed by atoms with Crippen molar-refractivity contribution in [3.05, 3.63) is 0 Å². The number of nitrogens with one attached hydrogen (secondary N) is 1. The topological polar surface area (TPSA) is 52.7 Å². The van der Waals surface area contributed by atoms with Crippen LogP contribution in [-0.4, -0.2) is 61.4 Å². The Morgan fingerprint density at radius 2 is 1.83 bits per heavy atom. The molecule has 24 heavy (non-hydrogen) atoms. The molecule has 2 amide bonds. The lowest BCUT2D eigenvalue weighted by molar-refractivity contribution is -0.143. The molecule has 5 heteroatoms. The second-order valence-corrected chi connectivity index (χ2v) is 7.59. The minimum Gasteiger partial charge on any atom is -0.342 e. The van der Waals surface area contributed by atoms with Gasteiger partial charge in [-0.15, -0.1) is 0 Å². The highest BCUT2D eigenvalue weighted by Gasteiger charge is 2.33. The first-order chi connectivity index (χ1) is 11.6. The highest BCUT2D eigenvalue weighted by Crippen LogP contribution is 2.25. The van der Waals surface area contributed by atoms with Crippen molar-refractivity contribution in [2.24, 2.45) is 17.8 Å². The predicted molar refractivity (Wildman–Crippen MR) is 96.6 cm³/mol. The maximum Gasteiger partial charge on any atom is 0.227 e. The minimum absolute atomic E-state index is 0.0145. The molecule has 2 fully saturated rings. The summed E-state index contributed by atoms with van der Waals surface area (Å²) < 4.78 is 0. The molecule has 2 atom stereocenters. The van der Waals surface area contributed by atoms with Gasteiger partial charge in [0, 0.05) is 32.1 Å². The van der Waals surface area contributed by atoms with E-state index in [4.69, 9.17) is 0 Å². The SMILES string of the molecule is CCC(C)C(=O)N1CCCC(C(=O)N2CCC(CCNC)CC2)C1. The van der Waals surface area contributed by atoms with E-state index in [-0.39, 0.29) is 23.7 Å². The van der Waals surface area contributed by atoms with E-state index in [1.807, 2.05) is 25.8 Å². The molecule has 0 spiro atoms. The highest BCUT2D eigenvalue weighted by atomic mass is 16.2. The molecule has 0 aromatic rings. The lowest BCUT2D eigenvalue weighted by atomic mass is 9.90. The van der Waals surface area contributed by atoms with Gasteiger partial charge in [-0.2, -0.15) is 0 Å². The van der Waals surface area contributed by atoms with Crippen molar-refractivity contribution in [3.63, 3.8) is 0 Å². The summed E-state index contributed by atoms with van der Waals surface area (Å²) in [5.74, 6) is 1.34. The van der Waals surface area contributed by atoms with Crippen LogP contribution in [0.15, 0.2) is 0 Å². The summed E-state index contributed by atoms with van der Waals surface area (Å²) in [6, 6.07) is 0. The van der Waals surface area contributed by atoms with Crippen molar-refractivity contribution in [3.8, 4) is 0 Å². The third-order valence-corrected chi connectivity index (χ3v) is 5.85. The van der Waals surface area contributed by atoms with Crippen molar-refractivity contribution in [1.82, 2.24) is 15.1 Å². The third kappa shape index (κ3) is 4.95. The highest BCUT2D eigenvalue weighted by molar-refractivity contribution is 5.82. The smallest absolute Gasteiger partial charge is 0.227 e. The van der Waals surface area contributed by atoms with Crippen LogP contribution in [0, 0.1) is 17.8 Å². The van der Waals surface area contributed by atoms with Gasteiger partial charge in [0.05, 0.1) is 5.92 Å². The number of carbonyl (C=O) groups is 2. The molecule has 2 unspecified atom stereocenters. The maximum atomic E-state index is 12.9. The van der Waals surface area contributed by atoms with Crippen LogP contribution < -0.4 is 5.32 Å². The van der Waals surface area contributed by atoms with Gasteiger partial charge in [-0.3, -0.25) is 9.59 Å². The summed E-state index contributed by atoms with van der Waals surface area (Å²) in [6.45, 7) is 8.33. The van der Waals surface area contributed by atoms with E-state index in [9.17, 15) is 9.59 Å². The first-order valence-corrected chi connectivity index (χ1v) is 9.79. The molecule has 0 saturated carbocycles. The zero-order chi connectivity index (χ0) is 17.5. The minimum atomic E-state index is 0.0145. The molecule has 2 rings (SSSR count). The number of piperidine rings is 2. The van der Waals surface area contributed by atoms with E-state index in [1.165, 1.54) is 6.42 Å². The van der Waals surface area contributed by atoms with Gasteiger partial charge in [-0.1, -0.05) is 13.8 Å². The average molecular weight is 338 g/mol. The molecule has 2 saturated heterocycles. The molecule has 5 nitrogen and oxygen atoms in total. The lowest BCUT2D eigenvalue weighted by Gasteiger charge is -2.38. The maximum absolute atomic E-state index is 12.9. The van der Waals surface area contributed by atoms with Crippen molar-refractivity contribution < 1.29 is 9.59 Å². The lowest BCUT2D eigenvalue weighted by Crippen LogP contribution is -2.49. The summed E-state index contributed by atoms with van der Waals surface area (Å²) in [5, 5.41) is 3.21. The quantitative estimate of drug-likeness (QED) is 0.808. The van der Waals surface area contributed by atoms with Crippen LogP contribution in [0.25, 0.3) is 0 Å². The van der Waals surface area contributed by atoms with Crippen LogP contribution in [0.5, 0.6) is 0 Å². The number of hydrogen-bond donors (Lipinski definition) is 1. The van der Waals surface area contributed by atoms with E-state index in [2.05, 4.69) is 10.2 Å². The number of carbonyl (C=O) groups excluding carboxylic acids is 2. The second-order valence-electron chi connectivity index (χ2n) is 7.59. The normalized spacial score (nSPS) is 24.0. The fourth-order valence-corrected chi connectivity index (χ4v) is 3.91. The zero-order valence-corrected chi connectivity index (χ0v) is 15.7. The summed E-state index contributed by atoms with van der Waals surface area (Å²) >= 11 is 0. The number of rotatable bonds is 6. The van der Waals surface area contributed by atoms with Gasteiger partial charge in [-0.25, -0.2) is 0 Å². The van der Waals surface area contributed by atoms with E-state index >= 15 is 0 Å². The van der Waals surface area contributed by atoms with E-state index in [0.717, 1.165) is 64.2 Å². The van der Waals surface area contributed by atoms with Crippen LogP contribution in [0.1, 0.15) is 52.4 Å². The molecule has 2 heterocycles. The Hall–Kier alpha value is -1.10. The van der Waals surface area contributed by atoms with Gasteiger partial charge in [0.15, 0.2) is 0 Å².